The Balaban J connectivity index is 2.04. The first kappa shape index (κ1) is 12.9. The van der Waals surface area contributed by atoms with Gasteiger partial charge < -0.3 is 10.5 Å². The molecule has 0 bridgehead atoms. The molecule has 2 aromatic carbocycles. The van der Waals surface area contributed by atoms with E-state index in [-0.39, 0.29) is 0 Å². The Hall–Kier alpha value is -1.51. The molecule has 0 heterocycles. The fourth-order valence-corrected chi connectivity index (χ4v) is 1.82. The first-order chi connectivity index (χ1) is 8.69. The first-order valence-electron chi connectivity index (χ1n) is 5.86. The van der Waals surface area contributed by atoms with Crippen LogP contribution in [0.4, 0.5) is 0 Å². The fraction of sp³-hybridized carbons (Fsp3) is 0.200. The van der Waals surface area contributed by atoms with Crippen LogP contribution in [0.5, 0.6) is 5.75 Å². The standard InChI is InChI=1S/C15H16ClNO/c1-11-2-7-14(16)8-15(11)18-10-13-5-3-12(9-17)4-6-13/h2-8H,9-10,17H2,1H3. The molecule has 0 aromatic heterocycles. The smallest absolute Gasteiger partial charge is 0.124 e. The Morgan fingerprint density at radius 3 is 2.39 bits per heavy atom. The lowest BCUT2D eigenvalue weighted by Crippen LogP contribution is -1.99. The molecule has 2 N–H and O–H groups in total. The van der Waals surface area contributed by atoms with E-state index in [2.05, 4.69) is 0 Å². The van der Waals surface area contributed by atoms with Gasteiger partial charge in [0.15, 0.2) is 0 Å². The maximum Gasteiger partial charge on any atom is 0.124 e. The van der Waals surface area contributed by atoms with Crippen LogP contribution in [0, 0.1) is 6.92 Å². The molecule has 0 saturated heterocycles. The van der Waals surface area contributed by atoms with Gasteiger partial charge in [-0.1, -0.05) is 41.9 Å². The summed E-state index contributed by atoms with van der Waals surface area (Å²) in [5, 5.41) is 0.689. The van der Waals surface area contributed by atoms with Crippen molar-refractivity contribution in [3.63, 3.8) is 0 Å². The highest BCUT2D eigenvalue weighted by molar-refractivity contribution is 6.30. The minimum Gasteiger partial charge on any atom is -0.489 e. The van der Waals surface area contributed by atoms with Crippen molar-refractivity contribution in [2.75, 3.05) is 0 Å². The lowest BCUT2D eigenvalue weighted by molar-refractivity contribution is 0.304. The van der Waals surface area contributed by atoms with Crippen LogP contribution < -0.4 is 10.5 Å². The number of hydrogen-bond donors (Lipinski definition) is 1. The maximum atomic E-state index is 5.94. The highest BCUT2D eigenvalue weighted by atomic mass is 35.5. The van der Waals surface area contributed by atoms with E-state index >= 15 is 0 Å². The van der Waals surface area contributed by atoms with Crippen molar-refractivity contribution in [3.8, 4) is 5.75 Å². The van der Waals surface area contributed by atoms with Gasteiger partial charge in [0, 0.05) is 11.6 Å². The molecule has 0 unspecified atom stereocenters. The summed E-state index contributed by atoms with van der Waals surface area (Å²) in [6.45, 7) is 3.10. The summed E-state index contributed by atoms with van der Waals surface area (Å²) in [7, 11) is 0. The van der Waals surface area contributed by atoms with Crippen LogP contribution in [0.25, 0.3) is 0 Å². The second kappa shape index (κ2) is 5.89. The summed E-state index contributed by atoms with van der Waals surface area (Å²) in [4.78, 5) is 0. The SMILES string of the molecule is Cc1ccc(Cl)cc1OCc1ccc(CN)cc1. The van der Waals surface area contributed by atoms with Crippen LogP contribution in [-0.2, 0) is 13.2 Å². The van der Waals surface area contributed by atoms with E-state index in [4.69, 9.17) is 22.1 Å². The lowest BCUT2D eigenvalue weighted by Gasteiger charge is -2.09. The summed E-state index contributed by atoms with van der Waals surface area (Å²) in [5.74, 6) is 0.824. The second-order valence-corrected chi connectivity index (χ2v) is 4.66. The predicted molar refractivity (Wildman–Crippen MR) is 74.9 cm³/mol. The zero-order chi connectivity index (χ0) is 13.0. The van der Waals surface area contributed by atoms with Gasteiger partial charge in [-0.2, -0.15) is 0 Å². The molecule has 94 valence electrons. The Labute approximate surface area is 112 Å². The topological polar surface area (TPSA) is 35.2 Å². The number of ether oxygens (including phenoxy) is 1. The molecule has 0 aliphatic rings. The van der Waals surface area contributed by atoms with E-state index in [0.29, 0.717) is 18.2 Å². The largest absolute Gasteiger partial charge is 0.489 e. The normalized spacial score (nSPS) is 10.4. The highest BCUT2D eigenvalue weighted by Gasteiger charge is 2.01. The van der Waals surface area contributed by atoms with E-state index < -0.39 is 0 Å². The third-order valence-electron chi connectivity index (χ3n) is 2.80. The summed E-state index contributed by atoms with van der Waals surface area (Å²) in [5.41, 5.74) is 8.88. The molecule has 2 nitrogen and oxygen atoms in total. The van der Waals surface area contributed by atoms with E-state index in [9.17, 15) is 0 Å². The molecule has 0 fully saturated rings. The number of nitrogens with two attached hydrogens (primary N) is 1. The van der Waals surface area contributed by atoms with Gasteiger partial charge in [-0.15, -0.1) is 0 Å². The van der Waals surface area contributed by atoms with Gasteiger partial charge in [-0.25, -0.2) is 0 Å². The van der Waals surface area contributed by atoms with Crippen LogP contribution >= 0.6 is 11.6 Å². The lowest BCUT2D eigenvalue weighted by atomic mass is 10.1. The first-order valence-corrected chi connectivity index (χ1v) is 6.23. The van der Waals surface area contributed by atoms with Crippen LogP contribution in [-0.4, -0.2) is 0 Å². The van der Waals surface area contributed by atoms with Gasteiger partial charge in [-0.05, 0) is 35.7 Å². The monoisotopic (exact) mass is 261 g/mol. The second-order valence-electron chi connectivity index (χ2n) is 4.22. The van der Waals surface area contributed by atoms with Crippen LogP contribution in [0.2, 0.25) is 5.02 Å². The fourth-order valence-electron chi connectivity index (χ4n) is 1.66. The molecular formula is C15H16ClNO. The third-order valence-corrected chi connectivity index (χ3v) is 3.04. The molecule has 3 heteroatoms. The van der Waals surface area contributed by atoms with Gasteiger partial charge in [0.05, 0.1) is 0 Å². The van der Waals surface area contributed by atoms with Crippen molar-refractivity contribution in [1.82, 2.24) is 0 Å². The maximum absolute atomic E-state index is 5.94. The average Bonchev–Trinajstić information content (AvgIpc) is 2.40. The van der Waals surface area contributed by atoms with Gasteiger partial charge in [-0.3, -0.25) is 0 Å². The van der Waals surface area contributed by atoms with E-state index in [1.54, 1.807) is 0 Å². The molecule has 0 aliphatic heterocycles. The summed E-state index contributed by atoms with van der Waals surface area (Å²) < 4.78 is 5.76. The van der Waals surface area contributed by atoms with Crippen molar-refractivity contribution < 1.29 is 4.74 Å². The Kier molecular flexibility index (Phi) is 4.24. The van der Waals surface area contributed by atoms with Crippen molar-refractivity contribution in [3.05, 3.63) is 64.2 Å². The van der Waals surface area contributed by atoms with Gasteiger partial charge >= 0.3 is 0 Å². The molecule has 2 aromatic rings. The number of halogens is 1. The number of aryl methyl sites for hydroxylation is 1. The van der Waals surface area contributed by atoms with E-state index in [1.807, 2.05) is 49.4 Å². The van der Waals surface area contributed by atoms with Gasteiger partial charge in [0.1, 0.15) is 12.4 Å². The Morgan fingerprint density at radius 2 is 1.72 bits per heavy atom. The molecular weight excluding hydrogens is 246 g/mol. The predicted octanol–water partition coefficient (Wildman–Crippen LogP) is 3.69. The highest BCUT2D eigenvalue weighted by Crippen LogP contribution is 2.23. The van der Waals surface area contributed by atoms with Crippen LogP contribution in [0.3, 0.4) is 0 Å². The van der Waals surface area contributed by atoms with Crippen molar-refractivity contribution >= 4 is 11.6 Å². The molecule has 2 rings (SSSR count). The van der Waals surface area contributed by atoms with Crippen LogP contribution in [0.15, 0.2) is 42.5 Å². The number of rotatable bonds is 4. The van der Waals surface area contributed by atoms with E-state index in [0.717, 1.165) is 22.4 Å². The van der Waals surface area contributed by atoms with Crippen molar-refractivity contribution in [2.24, 2.45) is 5.73 Å². The zero-order valence-corrected chi connectivity index (χ0v) is 11.1. The summed E-state index contributed by atoms with van der Waals surface area (Å²) in [6, 6.07) is 13.7. The Morgan fingerprint density at radius 1 is 1.06 bits per heavy atom. The molecule has 0 radical (unpaired) electrons. The molecule has 0 aliphatic carbocycles. The van der Waals surface area contributed by atoms with Gasteiger partial charge in [0.25, 0.3) is 0 Å². The zero-order valence-electron chi connectivity index (χ0n) is 10.3. The Bertz CT molecular complexity index is 523. The minimum absolute atomic E-state index is 0.534. The van der Waals surface area contributed by atoms with E-state index in [1.165, 1.54) is 0 Å². The quantitative estimate of drug-likeness (QED) is 0.911. The average molecular weight is 262 g/mol. The molecule has 0 saturated carbocycles. The molecule has 18 heavy (non-hydrogen) atoms. The van der Waals surface area contributed by atoms with Crippen LogP contribution in [0.1, 0.15) is 16.7 Å². The van der Waals surface area contributed by atoms with Gasteiger partial charge in [0.2, 0.25) is 0 Å². The van der Waals surface area contributed by atoms with Crippen molar-refractivity contribution in [1.29, 1.82) is 0 Å². The van der Waals surface area contributed by atoms with Crippen molar-refractivity contribution in [2.45, 2.75) is 20.1 Å². The third kappa shape index (κ3) is 3.25. The summed E-state index contributed by atoms with van der Waals surface area (Å²) >= 11 is 5.94. The molecule has 0 spiro atoms. The molecule has 0 atom stereocenters. The number of benzene rings is 2. The minimum atomic E-state index is 0.534. The summed E-state index contributed by atoms with van der Waals surface area (Å²) in [6.07, 6.45) is 0. The molecule has 0 amide bonds. The number of hydrogen-bond acceptors (Lipinski definition) is 2.